The van der Waals surface area contributed by atoms with E-state index in [1.807, 2.05) is 0 Å². The fraction of sp³-hybridized carbons (Fsp3) is 0. The number of nitro groups is 1. The highest BCUT2D eigenvalue weighted by atomic mass is 35.5. The van der Waals surface area contributed by atoms with Crippen molar-refractivity contribution in [2.24, 2.45) is 5.10 Å². The van der Waals surface area contributed by atoms with E-state index in [4.69, 9.17) is 17.3 Å². The van der Waals surface area contributed by atoms with Gasteiger partial charge in [0.1, 0.15) is 0 Å². The summed E-state index contributed by atoms with van der Waals surface area (Å²) in [4.78, 5) is 22.0. The van der Waals surface area contributed by atoms with Crippen molar-refractivity contribution in [3.8, 4) is 0 Å². The van der Waals surface area contributed by atoms with E-state index in [9.17, 15) is 14.9 Å². The number of nitrogen functional groups attached to an aromatic ring is 1. The lowest BCUT2D eigenvalue weighted by molar-refractivity contribution is -0.384. The molecule has 1 amide bonds. The van der Waals surface area contributed by atoms with Crippen LogP contribution >= 0.6 is 11.6 Å². The minimum Gasteiger partial charge on any atom is -0.399 e. The number of non-ortho nitro benzene ring substituents is 1. The zero-order chi connectivity index (χ0) is 16.1. The number of hydrogen-bond donors (Lipinski definition) is 2. The summed E-state index contributed by atoms with van der Waals surface area (Å²) in [6, 6.07) is 10.2. The van der Waals surface area contributed by atoms with Gasteiger partial charge in [-0.3, -0.25) is 14.9 Å². The molecule has 2 aromatic carbocycles. The summed E-state index contributed by atoms with van der Waals surface area (Å²) >= 11 is 5.91. The highest BCUT2D eigenvalue weighted by Gasteiger charge is 2.08. The Morgan fingerprint density at radius 2 is 1.95 bits per heavy atom. The lowest BCUT2D eigenvalue weighted by Crippen LogP contribution is -2.17. The lowest BCUT2D eigenvalue weighted by atomic mass is 10.2. The molecule has 0 aliphatic heterocycles. The second-order valence-electron chi connectivity index (χ2n) is 4.28. The number of nitrogens with two attached hydrogens (primary N) is 1. The first-order valence-electron chi connectivity index (χ1n) is 6.10. The number of nitrogens with zero attached hydrogens (tertiary/aromatic N) is 2. The van der Waals surface area contributed by atoms with Crippen LogP contribution in [0.5, 0.6) is 0 Å². The van der Waals surface area contributed by atoms with Crippen molar-refractivity contribution in [1.82, 2.24) is 5.43 Å². The van der Waals surface area contributed by atoms with Crippen LogP contribution < -0.4 is 11.2 Å². The van der Waals surface area contributed by atoms with Crippen LogP contribution in [0.1, 0.15) is 15.9 Å². The molecular weight excluding hydrogens is 308 g/mol. The third-order valence-electron chi connectivity index (χ3n) is 2.73. The zero-order valence-corrected chi connectivity index (χ0v) is 11.9. The molecule has 0 aromatic heterocycles. The van der Waals surface area contributed by atoms with Crippen molar-refractivity contribution >= 4 is 35.1 Å². The van der Waals surface area contributed by atoms with E-state index in [0.29, 0.717) is 16.8 Å². The molecule has 2 aromatic rings. The van der Waals surface area contributed by atoms with Crippen LogP contribution in [0.4, 0.5) is 11.4 Å². The minimum absolute atomic E-state index is 0.115. The van der Waals surface area contributed by atoms with Gasteiger partial charge in [-0.15, -0.1) is 0 Å². The average molecular weight is 319 g/mol. The average Bonchev–Trinajstić information content (AvgIpc) is 2.49. The molecule has 0 aliphatic carbocycles. The summed E-state index contributed by atoms with van der Waals surface area (Å²) in [5, 5.41) is 14.7. The van der Waals surface area contributed by atoms with Gasteiger partial charge < -0.3 is 5.73 Å². The maximum absolute atomic E-state index is 11.8. The predicted molar refractivity (Wildman–Crippen MR) is 84.0 cm³/mol. The highest BCUT2D eigenvalue weighted by Crippen LogP contribution is 2.20. The Labute approximate surface area is 130 Å². The van der Waals surface area contributed by atoms with Gasteiger partial charge in [0.2, 0.25) is 0 Å². The highest BCUT2D eigenvalue weighted by molar-refractivity contribution is 6.33. The number of hydrazone groups is 1. The van der Waals surface area contributed by atoms with Crippen molar-refractivity contribution in [3.63, 3.8) is 0 Å². The van der Waals surface area contributed by atoms with Gasteiger partial charge in [0.05, 0.1) is 11.1 Å². The Balaban J connectivity index is 2.09. The Morgan fingerprint density at radius 1 is 1.27 bits per heavy atom. The number of nitro benzene ring substituents is 1. The van der Waals surface area contributed by atoms with Crippen LogP contribution in [0.3, 0.4) is 0 Å². The van der Waals surface area contributed by atoms with Crippen molar-refractivity contribution in [1.29, 1.82) is 0 Å². The summed E-state index contributed by atoms with van der Waals surface area (Å²) in [5.74, 6) is -0.433. The number of carbonyl (C=O) groups excluding carboxylic acids is 1. The second-order valence-corrected chi connectivity index (χ2v) is 4.69. The number of nitrogens with one attached hydrogen (secondary N) is 1. The van der Waals surface area contributed by atoms with E-state index in [2.05, 4.69) is 10.5 Å². The molecule has 112 valence electrons. The van der Waals surface area contributed by atoms with Crippen LogP contribution in [0.25, 0.3) is 0 Å². The van der Waals surface area contributed by atoms with Gasteiger partial charge in [0.25, 0.3) is 11.6 Å². The first-order chi connectivity index (χ1) is 10.5. The van der Waals surface area contributed by atoms with E-state index < -0.39 is 10.8 Å². The van der Waals surface area contributed by atoms with Crippen molar-refractivity contribution in [2.75, 3.05) is 5.73 Å². The molecule has 0 atom stereocenters. The Morgan fingerprint density at radius 3 is 2.59 bits per heavy atom. The molecule has 22 heavy (non-hydrogen) atoms. The van der Waals surface area contributed by atoms with Gasteiger partial charge in [0, 0.05) is 34.0 Å². The quantitative estimate of drug-likeness (QED) is 0.390. The van der Waals surface area contributed by atoms with E-state index >= 15 is 0 Å². The number of anilines is 1. The smallest absolute Gasteiger partial charge is 0.271 e. The van der Waals surface area contributed by atoms with Crippen LogP contribution in [-0.2, 0) is 0 Å². The fourth-order valence-electron chi connectivity index (χ4n) is 1.60. The van der Waals surface area contributed by atoms with Crippen LogP contribution in [-0.4, -0.2) is 17.0 Å². The summed E-state index contributed by atoms with van der Waals surface area (Å²) in [6.45, 7) is 0. The molecule has 7 nitrogen and oxygen atoms in total. The molecule has 0 spiro atoms. The summed E-state index contributed by atoms with van der Waals surface area (Å²) in [7, 11) is 0. The summed E-state index contributed by atoms with van der Waals surface area (Å²) in [5.41, 5.74) is 8.97. The number of hydrogen-bond acceptors (Lipinski definition) is 5. The SMILES string of the molecule is Nc1ccc(C(=O)N/N=C\c2cc([N+](=O)[O-])ccc2Cl)cc1. The number of halogens is 1. The van der Waals surface area contributed by atoms with Crippen molar-refractivity contribution in [3.05, 3.63) is 68.7 Å². The Kier molecular flexibility index (Phi) is 4.70. The van der Waals surface area contributed by atoms with Crippen molar-refractivity contribution < 1.29 is 9.72 Å². The van der Waals surface area contributed by atoms with Crippen molar-refractivity contribution in [2.45, 2.75) is 0 Å². The minimum atomic E-state index is -0.541. The van der Waals surface area contributed by atoms with E-state index in [1.54, 1.807) is 24.3 Å². The Hall–Kier alpha value is -2.93. The molecule has 0 aliphatic rings. The number of rotatable bonds is 4. The molecule has 0 saturated carbocycles. The van der Waals surface area contributed by atoms with E-state index in [-0.39, 0.29) is 10.7 Å². The zero-order valence-electron chi connectivity index (χ0n) is 11.2. The van der Waals surface area contributed by atoms with Crippen LogP contribution in [0, 0.1) is 10.1 Å². The van der Waals surface area contributed by atoms with Gasteiger partial charge in [0.15, 0.2) is 0 Å². The number of amides is 1. The normalized spacial score (nSPS) is 10.6. The third kappa shape index (κ3) is 3.80. The van der Waals surface area contributed by atoms with E-state index in [0.717, 1.165) is 0 Å². The molecule has 0 heterocycles. The maximum atomic E-state index is 11.8. The number of benzene rings is 2. The standard InChI is InChI=1S/C14H11ClN4O3/c15-13-6-5-12(19(21)22)7-10(13)8-17-18-14(20)9-1-3-11(16)4-2-9/h1-8H,16H2,(H,18,20)/b17-8-. The molecule has 0 unspecified atom stereocenters. The molecular formula is C14H11ClN4O3. The lowest BCUT2D eigenvalue weighted by Gasteiger charge is -2.01. The first kappa shape index (κ1) is 15.5. The van der Waals surface area contributed by atoms with Gasteiger partial charge in [-0.05, 0) is 30.3 Å². The predicted octanol–water partition coefficient (Wildman–Crippen LogP) is 2.59. The largest absolute Gasteiger partial charge is 0.399 e. The maximum Gasteiger partial charge on any atom is 0.271 e. The fourth-order valence-corrected chi connectivity index (χ4v) is 1.77. The number of carbonyl (C=O) groups is 1. The molecule has 2 rings (SSSR count). The molecule has 0 fully saturated rings. The summed E-state index contributed by atoms with van der Waals surface area (Å²) in [6.07, 6.45) is 1.24. The third-order valence-corrected chi connectivity index (χ3v) is 3.08. The molecule has 0 saturated heterocycles. The summed E-state index contributed by atoms with van der Waals surface area (Å²) < 4.78 is 0. The first-order valence-corrected chi connectivity index (χ1v) is 6.48. The molecule has 0 radical (unpaired) electrons. The topological polar surface area (TPSA) is 111 Å². The molecule has 0 bridgehead atoms. The van der Waals surface area contributed by atoms with Crippen LogP contribution in [0.15, 0.2) is 47.6 Å². The second kappa shape index (κ2) is 6.68. The van der Waals surface area contributed by atoms with Gasteiger partial charge >= 0.3 is 0 Å². The Bertz CT molecular complexity index is 744. The molecule has 3 N–H and O–H groups in total. The monoisotopic (exact) mass is 318 g/mol. The van der Waals surface area contributed by atoms with Gasteiger partial charge in [-0.2, -0.15) is 5.10 Å². The van der Waals surface area contributed by atoms with Gasteiger partial charge in [-0.1, -0.05) is 11.6 Å². The van der Waals surface area contributed by atoms with Gasteiger partial charge in [-0.25, -0.2) is 5.43 Å². The molecule has 8 heteroatoms. The van der Waals surface area contributed by atoms with Crippen LogP contribution in [0.2, 0.25) is 5.02 Å². The van der Waals surface area contributed by atoms with E-state index in [1.165, 1.54) is 24.4 Å².